The molecule has 1 heterocycles. The van der Waals surface area contributed by atoms with Crippen molar-refractivity contribution in [2.45, 2.75) is 0 Å². The molecule has 84 valence electrons. The number of hydrogen-bond donors (Lipinski definition) is 1. The van der Waals surface area contributed by atoms with E-state index >= 15 is 0 Å². The largest absolute Gasteiger partial charge is 0.496 e. The Morgan fingerprint density at radius 3 is 2.69 bits per heavy atom. The number of methoxy groups -OCH3 is 1. The summed E-state index contributed by atoms with van der Waals surface area (Å²) in [5, 5.41) is 7.35. The van der Waals surface area contributed by atoms with Crippen LogP contribution in [-0.2, 0) is 7.05 Å². The van der Waals surface area contributed by atoms with Crippen LogP contribution in [-0.4, -0.2) is 23.9 Å². The summed E-state index contributed by atoms with van der Waals surface area (Å²) in [4.78, 5) is 0. The molecule has 0 bridgehead atoms. The SMILES string of the molecule is CNc1cc(-c2ccccc2OC)n(C)n1. The normalized spacial score (nSPS) is 10.2. The zero-order chi connectivity index (χ0) is 11.5. The van der Waals surface area contributed by atoms with Gasteiger partial charge in [0.1, 0.15) is 11.6 Å². The topological polar surface area (TPSA) is 39.1 Å². The highest BCUT2D eigenvalue weighted by atomic mass is 16.5. The van der Waals surface area contributed by atoms with Crippen molar-refractivity contribution in [3.05, 3.63) is 30.3 Å². The lowest BCUT2D eigenvalue weighted by molar-refractivity contribution is 0.416. The van der Waals surface area contributed by atoms with E-state index in [2.05, 4.69) is 10.4 Å². The summed E-state index contributed by atoms with van der Waals surface area (Å²) in [6.07, 6.45) is 0. The fraction of sp³-hybridized carbons (Fsp3) is 0.250. The van der Waals surface area contributed by atoms with Gasteiger partial charge < -0.3 is 10.1 Å². The summed E-state index contributed by atoms with van der Waals surface area (Å²) in [6, 6.07) is 9.91. The summed E-state index contributed by atoms with van der Waals surface area (Å²) in [7, 11) is 5.45. The minimum Gasteiger partial charge on any atom is -0.496 e. The van der Waals surface area contributed by atoms with Gasteiger partial charge in [-0.2, -0.15) is 5.10 Å². The number of rotatable bonds is 3. The van der Waals surface area contributed by atoms with E-state index in [0.717, 1.165) is 22.8 Å². The molecule has 0 atom stereocenters. The highest BCUT2D eigenvalue weighted by Gasteiger charge is 2.10. The lowest BCUT2D eigenvalue weighted by Crippen LogP contribution is -1.96. The fourth-order valence-electron chi connectivity index (χ4n) is 1.70. The van der Waals surface area contributed by atoms with E-state index < -0.39 is 0 Å². The number of hydrogen-bond acceptors (Lipinski definition) is 3. The zero-order valence-electron chi connectivity index (χ0n) is 9.69. The van der Waals surface area contributed by atoms with Gasteiger partial charge in [-0.25, -0.2) is 0 Å². The first-order chi connectivity index (χ1) is 7.76. The summed E-state index contributed by atoms with van der Waals surface area (Å²) in [5.74, 6) is 1.71. The molecular weight excluding hydrogens is 202 g/mol. The quantitative estimate of drug-likeness (QED) is 0.856. The second-order valence-electron chi connectivity index (χ2n) is 3.49. The molecule has 0 saturated heterocycles. The molecular formula is C12H15N3O. The maximum atomic E-state index is 5.34. The molecule has 1 aromatic carbocycles. The van der Waals surface area contributed by atoms with Crippen LogP contribution in [0.2, 0.25) is 0 Å². The number of para-hydroxylation sites is 1. The molecule has 0 spiro atoms. The molecule has 0 amide bonds. The monoisotopic (exact) mass is 217 g/mol. The minimum atomic E-state index is 0.850. The molecule has 0 radical (unpaired) electrons. The van der Waals surface area contributed by atoms with E-state index in [4.69, 9.17) is 4.74 Å². The van der Waals surface area contributed by atoms with Gasteiger partial charge in [-0.1, -0.05) is 12.1 Å². The van der Waals surface area contributed by atoms with Gasteiger partial charge in [0, 0.05) is 25.7 Å². The van der Waals surface area contributed by atoms with E-state index in [1.54, 1.807) is 7.11 Å². The van der Waals surface area contributed by atoms with Crippen LogP contribution in [0.15, 0.2) is 30.3 Å². The van der Waals surface area contributed by atoms with E-state index in [1.807, 2.05) is 49.1 Å². The third kappa shape index (κ3) is 1.74. The standard InChI is InChI=1S/C12H15N3O/c1-13-12-8-10(15(2)14-12)9-6-4-5-7-11(9)16-3/h4-8H,1-3H3,(H,13,14). The Balaban J connectivity index is 2.53. The van der Waals surface area contributed by atoms with Gasteiger partial charge in [-0.3, -0.25) is 4.68 Å². The van der Waals surface area contributed by atoms with Gasteiger partial charge in [0.25, 0.3) is 0 Å². The smallest absolute Gasteiger partial charge is 0.148 e. The predicted molar refractivity (Wildman–Crippen MR) is 64.7 cm³/mol. The van der Waals surface area contributed by atoms with Crippen LogP contribution in [0.3, 0.4) is 0 Å². The van der Waals surface area contributed by atoms with Crippen molar-refractivity contribution < 1.29 is 4.74 Å². The fourth-order valence-corrected chi connectivity index (χ4v) is 1.70. The first kappa shape index (κ1) is 10.5. The van der Waals surface area contributed by atoms with Gasteiger partial charge in [0.2, 0.25) is 0 Å². The van der Waals surface area contributed by atoms with Crippen LogP contribution in [0.1, 0.15) is 0 Å². The maximum Gasteiger partial charge on any atom is 0.148 e. The first-order valence-corrected chi connectivity index (χ1v) is 5.11. The van der Waals surface area contributed by atoms with Crippen LogP contribution >= 0.6 is 0 Å². The first-order valence-electron chi connectivity index (χ1n) is 5.11. The van der Waals surface area contributed by atoms with E-state index in [9.17, 15) is 0 Å². The van der Waals surface area contributed by atoms with Crippen LogP contribution in [0.5, 0.6) is 5.75 Å². The Kier molecular flexibility index (Phi) is 2.81. The molecule has 2 aromatic rings. The summed E-state index contributed by atoms with van der Waals surface area (Å²) >= 11 is 0. The van der Waals surface area contributed by atoms with Gasteiger partial charge in [-0.15, -0.1) is 0 Å². The Morgan fingerprint density at radius 1 is 1.31 bits per heavy atom. The lowest BCUT2D eigenvalue weighted by Gasteiger charge is -2.07. The van der Waals surface area contributed by atoms with E-state index in [0.29, 0.717) is 0 Å². The highest BCUT2D eigenvalue weighted by Crippen LogP contribution is 2.30. The second-order valence-corrected chi connectivity index (χ2v) is 3.49. The van der Waals surface area contributed by atoms with Crippen LogP contribution in [0.4, 0.5) is 5.82 Å². The van der Waals surface area contributed by atoms with Crippen molar-refractivity contribution in [1.29, 1.82) is 0 Å². The van der Waals surface area contributed by atoms with Crippen molar-refractivity contribution in [3.8, 4) is 17.0 Å². The zero-order valence-corrected chi connectivity index (χ0v) is 9.69. The minimum absolute atomic E-state index is 0.850. The highest BCUT2D eigenvalue weighted by molar-refractivity contribution is 5.69. The van der Waals surface area contributed by atoms with Crippen molar-refractivity contribution in [2.75, 3.05) is 19.5 Å². The van der Waals surface area contributed by atoms with Gasteiger partial charge in [-0.05, 0) is 12.1 Å². The summed E-state index contributed by atoms with van der Waals surface area (Å²) in [6.45, 7) is 0. The van der Waals surface area contributed by atoms with Gasteiger partial charge in [0.15, 0.2) is 0 Å². The number of ether oxygens (including phenoxy) is 1. The third-order valence-electron chi connectivity index (χ3n) is 2.52. The van der Waals surface area contributed by atoms with Crippen molar-refractivity contribution in [3.63, 3.8) is 0 Å². The molecule has 0 aliphatic rings. The number of anilines is 1. The molecule has 0 saturated carbocycles. The Labute approximate surface area is 94.9 Å². The number of nitrogens with zero attached hydrogens (tertiary/aromatic N) is 2. The molecule has 0 aliphatic heterocycles. The predicted octanol–water partition coefficient (Wildman–Crippen LogP) is 2.14. The van der Waals surface area contributed by atoms with Crippen molar-refractivity contribution in [2.24, 2.45) is 7.05 Å². The molecule has 1 aromatic heterocycles. The number of aromatic nitrogens is 2. The molecule has 1 N–H and O–H groups in total. The average Bonchev–Trinajstić information content (AvgIpc) is 2.70. The van der Waals surface area contributed by atoms with Crippen molar-refractivity contribution >= 4 is 5.82 Å². The number of aryl methyl sites for hydroxylation is 1. The molecule has 4 nitrogen and oxygen atoms in total. The summed E-state index contributed by atoms with van der Waals surface area (Å²) in [5.41, 5.74) is 2.07. The second kappa shape index (κ2) is 4.26. The Hall–Kier alpha value is -1.97. The Bertz CT molecular complexity index is 491. The number of nitrogens with one attached hydrogen (secondary N) is 1. The molecule has 2 rings (SSSR count). The molecule has 0 fully saturated rings. The van der Waals surface area contributed by atoms with Gasteiger partial charge in [0.05, 0.1) is 12.8 Å². The Morgan fingerprint density at radius 2 is 2.06 bits per heavy atom. The molecule has 16 heavy (non-hydrogen) atoms. The molecule has 4 heteroatoms. The van der Waals surface area contributed by atoms with E-state index in [-0.39, 0.29) is 0 Å². The van der Waals surface area contributed by atoms with Crippen molar-refractivity contribution in [1.82, 2.24) is 9.78 Å². The third-order valence-corrected chi connectivity index (χ3v) is 2.52. The maximum absolute atomic E-state index is 5.34. The van der Waals surface area contributed by atoms with Gasteiger partial charge >= 0.3 is 0 Å². The average molecular weight is 217 g/mol. The lowest BCUT2D eigenvalue weighted by atomic mass is 10.1. The summed E-state index contributed by atoms with van der Waals surface area (Å²) < 4.78 is 7.17. The molecule has 0 unspecified atom stereocenters. The number of benzene rings is 1. The van der Waals surface area contributed by atoms with Crippen LogP contribution in [0, 0.1) is 0 Å². The molecule has 0 aliphatic carbocycles. The van der Waals surface area contributed by atoms with Crippen LogP contribution in [0.25, 0.3) is 11.3 Å². The van der Waals surface area contributed by atoms with Crippen LogP contribution < -0.4 is 10.1 Å². The van der Waals surface area contributed by atoms with E-state index in [1.165, 1.54) is 0 Å².